The van der Waals surface area contributed by atoms with Crippen LogP contribution >= 0.6 is 0 Å². The van der Waals surface area contributed by atoms with E-state index in [2.05, 4.69) is 24.1 Å². The molecule has 3 N–H and O–H groups in total. The first-order valence-corrected chi connectivity index (χ1v) is 8.88. The van der Waals surface area contributed by atoms with Crippen molar-refractivity contribution in [1.29, 1.82) is 0 Å². The van der Waals surface area contributed by atoms with Gasteiger partial charge in [0.1, 0.15) is 0 Å². The van der Waals surface area contributed by atoms with Crippen molar-refractivity contribution in [3.8, 4) is 0 Å². The second kappa shape index (κ2) is 9.04. The SMILES string of the molecule is CC1CC(C)CN(CCCCNC(=O)c2ccc(CN)cc2)C1. The summed E-state index contributed by atoms with van der Waals surface area (Å²) < 4.78 is 0. The molecule has 4 heteroatoms. The minimum absolute atomic E-state index is 0.00814. The largest absolute Gasteiger partial charge is 0.352 e. The van der Waals surface area contributed by atoms with Crippen LogP contribution in [0.15, 0.2) is 24.3 Å². The summed E-state index contributed by atoms with van der Waals surface area (Å²) >= 11 is 0. The van der Waals surface area contributed by atoms with E-state index in [1.54, 1.807) is 0 Å². The molecule has 2 unspecified atom stereocenters. The molecule has 0 radical (unpaired) electrons. The zero-order valence-electron chi connectivity index (χ0n) is 14.6. The fourth-order valence-electron chi connectivity index (χ4n) is 3.53. The molecule has 1 aromatic carbocycles. The number of nitrogens with two attached hydrogens (primary N) is 1. The summed E-state index contributed by atoms with van der Waals surface area (Å²) in [5, 5.41) is 3.00. The number of unbranched alkanes of at least 4 members (excludes halogenated alkanes) is 1. The van der Waals surface area contributed by atoms with Crippen LogP contribution in [0.4, 0.5) is 0 Å². The lowest BCUT2D eigenvalue weighted by molar-refractivity contribution is 0.0951. The van der Waals surface area contributed by atoms with Crippen LogP contribution < -0.4 is 11.1 Å². The second-order valence-corrected chi connectivity index (χ2v) is 7.07. The van der Waals surface area contributed by atoms with Crippen molar-refractivity contribution in [3.63, 3.8) is 0 Å². The number of hydrogen-bond acceptors (Lipinski definition) is 3. The van der Waals surface area contributed by atoms with Crippen molar-refractivity contribution in [1.82, 2.24) is 10.2 Å². The van der Waals surface area contributed by atoms with Crippen molar-refractivity contribution in [2.75, 3.05) is 26.2 Å². The molecule has 23 heavy (non-hydrogen) atoms. The Morgan fingerprint density at radius 2 is 1.83 bits per heavy atom. The van der Waals surface area contributed by atoms with Crippen molar-refractivity contribution < 1.29 is 4.79 Å². The van der Waals surface area contributed by atoms with Crippen LogP contribution in [0.3, 0.4) is 0 Å². The first kappa shape index (κ1) is 18.0. The molecule has 1 aliphatic heterocycles. The molecule has 1 aromatic rings. The molecule has 4 nitrogen and oxygen atoms in total. The van der Waals surface area contributed by atoms with Gasteiger partial charge in [-0.05, 0) is 55.3 Å². The van der Waals surface area contributed by atoms with Crippen molar-refractivity contribution in [2.45, 2.75) is 39.7 Å². The lowest BCUT2D eigenvalue weighted by atomic mass is 9.92. The van der Waals surface area contributed by atoms with Gasteiger partial charge in [-0.3, -0.25) is 4.79 Å². The Hall–Kier alpha value is -1.39. The smallest absolute Gasteiger partial charge is 0.251 e. The van der Waals surface area contributed by atoms with Crippen molar-refractivity contribution in [3.05, 3.63) is 35.4 Å². The Bertz CT molecular complexity index is 476. The number of nitrogens with zero attached hydrogens (tertiary/aromatic N) is 1. The highest BCUT2D eigenvalue weighted by Gasteiger charge is 2.20. The number of likely N-dealkylation sites (tertiary alicyclic amines) is 1. The van der Waals surface area contributed by atoms with E-state index in [1.165, 1.54) is 19.5 Å². The molecule has 0 aromatic heterocycles. The van der Waals surface area contributed by atoms with Gasteiger partial charge in [-0.2, -0.15) is 0 Å². The Labute approximate surface area is 140 Å². The first-order valence-electron chi connectivity index (χ1n) is 8.88. The summed E-state index contributed by atoms with van der Waals surface area (Å²) in [6.45, 7) is 9.55. The lowest BCUT2D eigenvalue weighted by Gasteiger charge is -2.34. The molecule has 0 saturated carbocycles. The maximum Gasteiger partial charge on any atom is 0.251 e. The van der Waals surface area contributed by atoms with Crippen molar-refractivity contribution in [2.24, 2.45) is 17.6 Å². The minimum Gasteiger partial charge on any atom is -0.352 e. The number of rotatable bonds is 7. The van der Waals surface area contributed by atoms with Gasteiger partial charge in [0.2, 0.25) is 0 Å². The first-order chi connectivity index (χ1) is 11.1. The maximum atomic E-state index is 12.0. The molecule has 2 rings (SSSR count). The molecule has 1 saturated heterocycles. The summed E-state index contributed by atoms with van der Waals surface area (Å²) in [6.07, 6.45) is 3.53. The number of piperidine rings is 1. The third-order valence-electron chi connectivity index (χ3n) is 4.58. The quantitative estimate of drug-likeness (QED) is 0.760. The topological polar surface area (TPSA) is 58.4 Å². The molecule has 1 fully saturated rings. The number of hydrogen-bond donors (Lipinski definition) is 2. The van der Waals surface area contributed by atoms with Gasteiger partial charge in [-0.25, -0.2) is 0 Å². The normalized spacial score (nSPS) is 22.0. The van der Waals surface area contributed by atoms with Gasteiger partial charge in [-0.1, -0.05) is 26.0 Å². The highest BCUT2D eigenvalue weighted by molar-refractivity contribution is 5.94. The molecule has 128 valence electrons. The number of nitrogens with one attached hydrogen (secondary N) is 1. The average Bonchev–Trinajstić information content (AvgIpc) is 2.53. The molecule has 1 aliphatic rings. The van der Waals surface area contributed by atoms with Crippen LogP contribution in [0.5, 0.6) is 0 Å². The van der Waals surface area contributed by atoms with Gasteiger partial charge in [0, 0.05) is 31.7 Å². The fourth-order valence-corrected chi connectivity index (χ4v) is 3.53. The van der Waals surface area contributed by atoms with E-state index in [0.717, 1.165) is 43.3 Å². The number of carbonyl (C=O) groups excluding carboxylic acids is 1. The molecular weight excluding hydrogens is 286 g/mol. The number of benzene rings is 1. The van der Waals surface area contributed by atoms with Crippen LogP contribution in [-0.4, -0.2) is 37.0 Å². The molecule has 1 heterocycles. The van der Waals surface area contributed by atoms with E-state index in [9.17, 15) is 4.79 Å². The van der Waals surface area contributed by atoms with Crippen molar-refractivity contribution >= 4 is 5.91 Å². The van der Waals surface area contributed by atoms with Gasteiger partial charge < -0.3 is 16.0 Å². The highest BCUT2D eigenvalue weighted by Crippen LogP contribution is 2.20. The van der Waals surface area contributed by atoms with Crippen LogP contribution in [0.25, 0.3) is 0 Å². The van der Waals surface area contributed by atoms with Gasteiger partial charge >= 0.3 is 0 Å². The van der Waals surface area contributed by atoms with Crippen LogP contribution in [0, 0.1) is 11.8 Å². The summed E-state index contributed by atoms with van der Waals surface area (Å²) in [5.74, 6) is 1.64. The standard InChI is InChI=1S/C19H31N3O/c1-15-11-16(2)14-22(13-15)10-4-3-9-21-19(23)18-7-5-17(12-20)6-8-18/h5-8,15-16H,3-4,9-14,20H2,1-2H3,(H,21,23). The van der Waals surface area contributed by atoms with E-state index in [1.807, 2.05) is 24.3 Å². The molecule has 0 aliphatic carbocycles. The van der Waals surface area contributed by atoms with Gasteiger partial charge in [0.25, 0.3) is 5.91 Å². The van der Waals surface area contributed by atoms with E-state index in [4.69, 9.17) is 5.73 Å². The van der Waals surface area contributed by atoms with Crippen LogP contribution in [0.2, 0.25) is 0 Å². The molecule has 1 amide bonds. The minimum atomic E-state index is 0.00814. The predicted molar refractivity (Wildman–Crippen MR) is 95.3 cm³/mol. The Kier molecular flexibility index (Phi) is 7.06. The summed E-state index contributed by atoms with van der Waals surface area (Å²) in [5.41, 5.74) is 7.32. The third kappa shape index (κ3) is 5.96. The van der Waals surface area contributed by atoms with Crippen LogP contribution in [-0.2, 0) is 6.54 Å². The van der Waals surface area contributed by atoms with Gasteiger partial charge in [-0.15, -0.1) is 0 Å². The fraction of sp³-hybridized carbons (Fsp3) is 0.632. The summed E-state index contributed by atoms with van der Waals surface area (Å²) in [4.78, 5) is 14.6. The Balaban J connectivity index is 1.62. The van der Waals surface area contributed by atoms with E-state index >= 15 is 0 Å². The van der Waals surface area contributed by atoms with Gasteiger partial charge in [0.15, 0.2) is 0 Å². The summed E-state index contributed by atoms with van der Waals surface area (Å²) in [6, 6.07) is 7.50. The van der Waals surface area contributed by atoms with E-state index in [-0.39, 0.29) is 5.91 Å². The summed E-state index contributed by atoms with van der Waals surface area (Å²) in [7, 11) is 0. The maximum absolute atomic E-state index is 12.0. The predicted octanol–water partition coefficient (Wildman–Crippen LogP) is 2.63. The Morgan fingerprint density at radius 1 is 1.17 bits per heavy atom. The number of carbonyl (C=O) groups is 1. The van der Waals surface area contributed by atoms with E-state index in [0.29, 0.717) is 12.1 Å². The molecular formula is C19H31N3O. The number of amides is 1. The molecule has 2 atom stereocenters. The average molecular weight is 317 g/mol. The Morgan fingerprint density at radius 3 is 2.43 bits per heavy atom. The van der Waals surface area contributed by atoms with E-state index < -0.39 is 0 Å². The molecule has 0 bridgehead atoms. The lowest BCUT2D eigenvalue weighted by Crippen LogP contribution is -2.39. The highest BCUT2D eigenvalue weighted by atomic mass is 16.1. The molecule has 0 spiro atoms. The second-order valence-electron chi connectivity index (χ2n) is 7.07. The van der Waals surface area contributed by atoms with Gasteiger partial charge in [0.05, 0.1) is 0 Å². The third-order valence-corrected chi connectivity index (χ3v) is 4.58. The van der Waals surface area contributed by atoms with Crippen LogP contribution in [0.1, 0.15) is 49.0 Å². The zero-order valence-corrected chi connectivity index (χ0v) is 14.6. The monoisotopic (exact) mass is 317 g/mol. The zero-order chi connectivity index (χ0) is 16.7.